The third-order valence-electron chi connectivity index (χ3n) is 5.92. The summed E-state index contributed by atoms with van der Waals surface area (Å²) in [7, 11) is 0. The summed E-state index contributed by atoms with van der Waals surface area (Å²) in [4.78, 5) is 39.9. The number of aliphatic carboxylic acids is 1. The maximum absolute atomic E-state index is 12.9. The lowest BCUT2D eigenvalue weighted by Crippen LogP contribution is -2.45. The lowest BCUT2D eigenvalue weighted by molar-refractivity contribution is -0.157. The van der Waals surface area contributed by atoms with Gasteiger partial charge in [0.25, 0.3) is 5.91 Å². The average Bonchev–Trinajstić information content (AvgIpc) is 3.25. The summed E-state index contributed by atoms with van der Waals surface area (Å²) >= 11 is 0. The number of carboxylic acids is 1. The number of rotatable bonds is 3. The van der Waals surface area contributed by atoms with Crippen LogP contribution >= 0.6 is 0 Å². The highest BCUT2D eigenvalue weighted by Crippen LogP contribution is 2.42. The van der Waals surface area contributed by atoms with Gasteiger partial charge in [-0.3, -0.25) is 14.4 Å². The number of fused-ring (bicyclic) bond motifs is 1. The van der Waals surface area contributed by atoms with Crippen LogP contribution in [0.3, 0.4) is 0 Å². The minimum Gasteiger partial charge on any atom is -0.481 e. The van der Waals surface area contributed by atoms with E-state index < -0.39 is 11.4 Å². The normalized spacial score (nSPS) is 28.3. The molecule has 1 aromatic rings. The van der Waals surface area contributed by atoms with Crippen LogP contribution in [0.5, 0.6) is 0 Å². The number of carbonyl (C=O) groups excluding carboxylic acids is 2. The monoisotopic (exact) mass is 358 g/mol. The van der Waals surface area contributed by atoms with E-state index in [1.54, 1.807) is 34.1 Å². The fourth-order valence-corrected chi connectivity index (χ4v) is 4.34. The molecule has 1 aromatic carbocycles. The smallest absolute Gasteiger partial charge is 0.311 e. The quantitative estimate of drug-likeness (QED) is 0.882. The van der Waals surface area contributed by atoms with E-state index in [9.17, 15) is 19.5 Å². The lowest BCUT2D eigenvalue weighted by Gasteiger charge is -2.33. The van der Waals surface area contributed by atoms with Gasteiger partial charge in [0.15, 0.2) is 0 Å². The Balaban J connectivity index is 1.51. The van der Waals surface area contributed by atoms with Crippen molar-refractivity contribution in [1.82, 2.24) is 4.90 Å². The number of carboxylic acid groups (broad SMARTS) is 1. The molecule has 0 radical (unpaired) electrons. The van der Waals surface area contributed by atoms with Crippen molar-refractivity contribution in [2.24, 2.45) is 11.3 Å². The Bertz CT molecular complexity index is 747. The lowest BCUT2D eigenvalue weighted by atomic mass is 9.74. The zero-order valence-electron chi connectivity index (χ0n) is 14.5. The maximum Gasteiger partial charge on any atom is 0.311 e. The molecule has 3 aliphatic heterocycles. The minimum atomic E-state index is -0.893. The molecule has 0 unspecified atom stereocenters. The molecule has 0 bridgehead atoms. The number of hydrogen-bond donors (Lipinski definition) is 1. The van der Waals surface area contributed by atoms with Crippen molar-refractivity contribution in [3.05, 3.63) is 29.8 Å². The van der Waals surface area contributed by atoms with Gasteiger partial charge in [0.1, 0.15) is 0 Å². The van der Waals surface area contributed by atoms with E-state index in [-0.39, 0.29) is 24.3 Å². The predicted molar refractivity (Wildman–Crippen MR) is 92.9 cm³/mol. The van der Waals surface area contributed by atoms with E-state index in [4.69, 9.17) is 4.74 Å². The first-order valence-corrected chi connectivity index (χ1v) is 9.02. The van der Waals surface area contributed by atoms with Crippen LogP contribution in [0.15, 0.2) is 24.3 Å². The Kier molecular flexibility index (Phi) is 4.19. The van der Waals surface area contributed by atoms with Crippen LogP contribution in [-0.4, -0.2) is 60.6 Å². The number of anilines is 1. The summed E-state index contributed by atoms with van der Waals surface area (Å²) in [5.74, 6) is -1.07. The molecule has 1 N–H and O–H groups in total. The molecule has 3 heterocycles. The van der Waals surface area contributed by atoms with E-state index in [1.807, 2.05) is 0 Å². The Hall–Kier alpha value is -2.41. The Morgan fingerprint density at radius 1 is 1.23 bits per heavy atom. The second-order valence-electron chi connectivity index (χ2n) is 7.36. The van der Waals surface area contributed by atoms with Gasteiger partial charge < -0.3 is 19.6 Å². The van der Waals surface area contributed by atoms with Crippen molar-refractivity contribution >= 4 is 23.5 Å². The highest BCUT2D eigenvalue weighted by atomic mass is 16.5. The Labute approximate surface area is 151 Å². The van der Waals surface area contributed by atoms with Gasteiger partial charge in [-0.1, -0.05) is 0 Å². The molecule has 3 aliphatic rings. The molecule has 2 atom stereocenters. The molecule has 0 spiro atoms. The van der Waals surface area contributed by atoms with Crippen LogP contribution in [0.25, 0.3) is 0 Å². The van der Waals surface area contributed by atoms with Gasteiger partial charge in [-0.25, -0.2) is 0 Å². The summed E-state index contributed by atoms with van der Waals surface area (Å²) in [5.41, 5.74) is 0.422. The first kappa shape index (κ1) is 17.0. The number of hydrogen-bond acceptors (Lipinski definition) is 4. The molecule has 7 heteroatoms. The van der Waals surface area contributed by atoms with E-state index in [2.05, 4.69) is 0 Å². The fourth-order valence-electron chi connectivity index (χ4n) is 4.34. The highest BCUT2D eigenvalue weighted by Gasteiger charge is 2.54. The summed E-state index contributed by atoms with van der Waals surface area (Å²) in [6, 6.07) is 7.01. The zero-order valence-corrected chi connectivity index (χ0v) is 14.5. The number of carbonyl (C=O) groups is 3. The van der Waals surface area contributed by atoms with Gasteiger partial charge >= 0.3 is 5.97 Å². The molecule has 0 aromatic heterocycles. The number of likely N-dealkylation sites (tertiary alicyclic amines) is 1. The molecular weight excluding hydrogens is 336 g/mol. The van der Waals surface area contributed by atoms with Crippen molar-refractivity contribution in [1.29, 1.82) is 0 Å². The number of nitrogens with zero attached hydrogens (tertiary/aromatic N) is 2. The van der Waals surface area contributed by atoms with Crippen molar-refractivity contribution in [3.63, 3.8) is 0 Å². The molecule has 3 fully saturated rings. The SMILES string of the molecule is O=C(c1ccc(N2CCCC2=O)cc1)N1C[C@H]2COCC[C@@]2(C(=O)O)C1. The van der Waals surface area contributed by atoms with Crippen LogP contribution in [0.4, 0.5) is 5.69 Å². The molecule has 3 saturated heterocycles. The molecule has 0 saturated carbocycles. The van der Waals surface area contributed by atoms with Crippen LogP contribution in [-0.2, 0) is 14.3 Å². The van der Waals surface area contributed by atoms with Crippen LogP contribution in [0.2, 0.25) is 0 Å². The third-order valence-corrected chi connectivity index (χ3v) is 5.92. The van der Waals surface area contributed by atoms with Gasteiger partial charge in [0, 0.05) is 49.8 Å². The second-order valence-corrected chi connectivity index (χ2v) is 7.36. The molecule has 4 rings (SSSR count). The van der Waals surface area contributed by atoms with Crippen molar-refractivity contribution in [2.75, 3.05) is 37.7 Å². The first-order chi connectivity index (χ1) is 12.5. The molecular formula is C19H22N2O5. The van der Waals surface area contributed by atoms with Gasteiger partial charge in [0.2, 0.25) is 5.91 Å². The van der Waals surface area contributed by atoms with E-state index in [0.29, 0.717) is 44.7 Å². The van der Waals surface area contributed by atoms with Crippen LogP contribution < -0.4 is 4.90 Å². The summed E-state index contributed by atoms with van der Waals surface area (Å²) in [6.07, 6.45) is 1.86. The van der Waals surface area contributed by atoms with Crippen LogP contribution in [0.1, 0.15) is 29.6 Å². The highest BCUT2D eigenvalue weighted by molar-refractivity contribution is 5.98. The zero-order chi connectivity index (χ0) is 18.3. The van der Waals surface area contributed by atoms with Crippen LogP contribution in [0, 0.1) is 11.3 Å². The van der Waals surface area contributed by atoms with Gasteiger partial charge in [-0.05, 0) is 37.1 Å². The van der Waals surface area contributed by atoms with E-state index >= 15 is 0 Å². The third kappa shape index (κ3) is 2.67. The number of amides is 2. The number of benzene rings is 1. The Morgan fingerprint density at radius 3 is 2.62 bits per heavy atom. The van der Waals surface area contributed by atoms with Gasteiger partial charge in [-0.2, -0.15) is 0 Å². The second kappa shape index (κ2) is 6.39. The minimum absolute atomic E-state index is 0.107. The number of ether oxygens (including phenoxy) is 1. The molecule has 7 nitrogen and oxygen atoms in total. The summed E-state index contributed by atoms with van der Waals surface area (Å²) < 4.78 is 5.44. The van der Waals surface area contributed by atoms with Gasteiger partial charge in [0.05, 0.1) is 12.0 Å². The molecule has 0 aliphatic carbocycles. The largest absolute Gasteiger partial charge is 0.481 e. The van der Waals surface area contributed by atoms with E-state index in [0.717, 1.165) is 12.1 Å². The Morgan fingerprint density at radius 2 is 2.00 bits per heavy atom. The fraction of sp³-hybridized carbons (Fsp3) is 0.526. The summed E-state index contributed by atoms with van der Waals surface area (Å²) in [5, 5.41) is 9.72. The first-order valence-electron chi connectivity index (χ1n) is 9.02. The molecule has 138 valence electrons. The topological polar surface area (TPSA) is 87.2 Å². The van der Waals surface area contributed by atoms with Crippen molar-refractivity contribution in [3.8, 4) is 0 Å². The standard InChI is InChI=1S/C19H22N2O5/c22-16-2-1-8-21(16)15-5-3-13(4-6-15)17(23)20-10-14-11-26-9-7-19(14,12-20)18(24)25/h3-6,14H,1-2,7-12H2,(H,24,25)/t14-,19+/m0/s1. The molecule has 2 amide bonds. The maximum atomic E-state index is 12.9. The predicted octanol–water partition coefficient (Wildman–Crippen LogP) is 1.38. The molecule has 26 heavy (non-hydrogen) atoms. The van der Waals surface area contributed by atoms with Crippen molar-refractivity contribution in [2.45, 2.75) is 19.3 Å². The average molecular weight is 358 g/mol. The van der Waals surface area contributed by atoms with Crippen molar-refractivity contribution < 1.29 is 24.2 Å². The van der Waals surface area contributed by atoms with Gasteiger partial charge in [-0.15, -0.1) is 0 Å². The van der Waals surface area contributed by atoms with E-state index in [1.165, 1.54) is 0 Å². The summed E-state index contributed by atoms with van der Waals surface area (Å²) in [6.45, 7) is 2.13.